The zero-order valence-electron chi connectivity index (χ0n) is 25.9. The third kappa shape index (κ3) is 8.44. The summed E-state index contributed by atoms with van der Waals surface area (Å²) in [5.41, 5.74) is 3.77. The standard InChI is InChI=1S/C35H38ClN3O5S/c1-5-37-35(41)33(22-27-10-7-6-8-11-27)38(23-28-12-9-13-31(21-28)44-4)34(40)24-39(30-17-14-25(2)26(3)20-30)45(42,43)32-18-15-29(36)16-19-32/h6-21,33H,5,22-24H2,1-4H3,(H,37,41)/t33-/m0/s1. The van der Waals surface area contributed by atoms with Crippen LogP contribution in [0.15, 0.2) is 102 Å². The molecule has 1 N–H and O–H groups in total. The summed E-state index contributed by atoms with van der Waals surface area (Å²) in [6.45, 7) is 5.50. The van der Waals surface area contributed by atoms with E-state index in [9.17, 15) is 18.0 Å². The zero-order chi connectivity index (χ0) is 32.6. The lowest BCUT2D eigenvalue weighted by Gasteiger charge is -2.34. The maximum atomic E-state index is 14.5. The average Bonchev–Trinajstić information content (AvgIpc) is 3.03. The van der Waals surface area contributed by atoms with Crippen molar-refractivity contribution in [1.82, 2.24) is 10.2 Å². The highest BCUT2D eigenvalue weighted by Gasteiger charge is 2.34. The molecule has 4 rings (SSSR count). The topological polar surface area (TPSA) is 96.0 Å². The van der Waals surface area contributed by atoms with E-state index in [1.807, 2.05) is 69.3 Å². The summed E-state index contributed by atoms with van der Waals surface area (Å²) in [5.74, 6) is -0.281. The Kier molecular flexibility index (Phi) is 11.3. The van der Waals surface area contributed by atoms with Gasteiger partial charge in [0.25, 0.3) is 10.0 Å². The molecule has 0 spiro atoms. The smallest absolute Gasteiger partial charge is 0.264 e. The molecule has 0 aliphatic carbocycles. The number of hydrogen-bond donors (Lipinski definition) is 1. The molecular weight excluding hydrogens is 610 g/mol. The van der Waals surface area contributed by atoms with Gasteiger partial charge in [-0.1, -0.05) is 60.1 Å². The van der Waals surface area contributed by atoms with Gasteiger partial charge in [0, 0.05) is 24.5 Å². The lowest BCUT2D eigenvalue weighted by molar-refractivity contribution is -0.140. The number of ether oxygens (including phenoxy) is 1. The lowest BCUT2D eigenvalue weighted by Crippen LogP contribution is -2.53. The Morgan fingerprint density at radius 3 is 2.20 bits per heavy atom. The van der Waals surface area contributed by atoms with Crippen LogP contribution in [0, 0.1) is 13.8 Å². The zero-order valence-corrected chi connectivity index (χ0v) is 27.4. The van der Waals surface area contributed by atoms with E-state index in [0.29, 0.717) is 23.0 Å². The molecule has 0 aliphatic rings. The van der Waals surface area contributed by atoms with Crippen LogP contribution in [0.2, 0.25) is 5.02 Å². The van der Waals surface area contributed by atoms with Crippen LogP contribution in [0.1, 0.15) is 29.2 Å². The second kappa shape index (κ2) is 15.1. The van der Waals surface area contributed by atoms with Crippen molar-refractivity contribution in [3.63, 3.8) is 0 Å². The minimum Gasteiger partial charge on any atom is -0.497 e. The molecule has 45 heavy (non-hydrogen) atoms. The number of halogens is 1. The number of nitrogens with one attached hydrogen (secondary N) is 1. The van der Waals surface area contributed by atoms with E-state index in [0.717, 1.165) is 26.6 Å². The minimum atomic E-state index is -4.22. The largest absolute Gasteiger partial charge is 0.497 e. The van der Waals surface area contributed by atoms with Gasteiger partial charge in [0.1, 0.15) is 18.3 Å². The van der Waals surface area contributed by atoms with Crippen molar-refractivity contribution in [2.45, 2.75) is 44.7 Å². The van der Waals surface area contributed by atoms with Gasteiger partial charge in [-0.05, 0) is 91.6 Å². The molecule has 0 radical (unpaired) electrons. The van der Waals surface area contributed by atoms with Gasteiger partial charge in [0.05, 0.1) is 17.7 Å². The van der Waals surface area contributed by atoms with E-state index >= 15 is 0 Å². The van der Waals surface area contributed by atoms with E-state index in [1.54, 1.807) is 31.4 Å². The number of benzene rings is 4. The molecule has 0 fully saturated rings. The van der Waals surface area contributed by atoms with E-state index in [1.165, 1.54) is 29.2 Å². The molecule has 0 bridgehead atoms. The number of methoxy groups -OCH3 is 1. The van der Waals surface area contributed by atoms with Crippen molar-refractivity contribution < 1.29 is 22.7 Å². The maximum absolute atomic E-state index is 14.5. The van der Waals surface area contributed by atoms with Gasteiger partial charge in [-0.25, -0.2) is 8.42 Å². The highest BCUT2D eigenvalue weighted by molar-refractivity contribution is 7.92. The second-order valence-electron chi connectivity index (χ2n) is 10.7. The molecule has 0 unspecified atom stereocenters. The molecule has 8 nitrogen and oxygen atoms in total. The average molecular weight is 648 g/mol. The molecule has 0 aliphatic heterocycles. The van der Waals surface area contributed by atoms with Crippen LogP contribution in [0.5, 0.6) is 5.75 Å². The third-order valence-electron chi connectivity index (χ3n) is 7.57. The quantitative estimate of drug-likeness (QED) is 0.194. The van der Waals surface area contributed by atoms with E-state index in [2.05, 4.69) is 5.32 Å². The molecule has 0 saturated heterocycles. The Morgan fingerprint density at radius 1 is 0.867 bits per heavy atom. The van der Waals surface area contributed by atoms with Crippen LogP contribution in [-0.2, 0) is 32.6 Å². The van der Waals surface area contributed by atoms with Crippen LogP contribution >= 0.6 is 11.6 Å². The highest BCUT2D eigenvalue weighted by atomic mass is 35.5. The molecule has 10 heteroatoms. The number of likely N-dealkylation sites (N-methyl/N-ethyl adjacent to an activating group) is 1. The van der Waals surface area contributed by atoms with Gasteiger partial charge in [-0.3, -0.25) is 13.9 Å². The van der Waals surface area contributed by atoms with Crippen molar-refractivity contribution in [2.24, 2.45) is 0 Å². The first kappa shape index (κ1) is 33.6. The predicted octanol–water partition coefficient (Wildman–Crippen LogP) is 5.94. The van der Waals surface area contributed by atoms with E-state index in [4.69, 9.17) is 16.3 Å². The van der Waals surface area contributed by atoms with Crippen LogP contribution in [0.3, 0.4) is 0 Å². The maximum Gasteiger partial charge on any atom is 0.264 e. The normalized spacial score (nSPS) is 11.8. The summed E-state index contributed by atoms with van der Waals surface area (Å²) in [7, 11) is -2.67. The predicted molar refractivity (Wildman–Crippen MR) is 178 cm³/mol. The Hall–Kier alpha value is -4.34. The Balaban J connectivity index is 1.82. The summed E-state index contributed by atoms with van der Waals surface area (Å²) >= 11 is 6.06. The Bertz CT molecular complexity index is 1730. The number of nitrogens with zero attached hydrogens (tertiary/aromatic N) is 2. The number of carbonyl (C=O) groups excluding carboxylic acids is 2. The number of anilines is 1. The fraction of sp³-hybridized carbons (Fsp3) is 0.257. The summed E-state index contributed by atoms with van der Waals surface area (Å²) in [4.78, 5) is 29.6. The minimum absolute atomic E-state index is 0.0122. The van der Waals surface area contributed by atoms with Crippen molar-refractivity contribution >= 4 is 39.1 Å². The molecule has 4 aromatic carbocycles. The van der Waals surface area contributed by atoms with Crippen molar-refractivity contribution in [1.29, 1.82) is 0 Å². The van der Waals surface area contributed by atoms with Crippen molar-refractivity contribution in [3.8, 4) is 5.75 Å². The molecule has 1 atom stereocenters. The van der Waals surface area contributed by atoms with E-state index in [-0.39, 0.29) is 23.8 Å². The number of amides is 2. The molecule has 0 aromatic heterocycles. The molecule has 0 saturated carbocycles. The summed E-state index contributed by atoms with van der Waals surface area (Å²) in [6, 6.07) is 26.8. The number of sulfonamides is 1. The number of carbonyl (C=O) groups is 2. The van der Waals surface area contributed by atoms with Gasteiger partial charge in [0.15, 0.2) is 0 Å². The second-order valence-corrected chi connectivity index (χ2v) is 13.0. The molecular formula is C35H38ClN3O5S. The van der Waals surface area contributed by atoms with Crippen LogP contribution < -0.4 is 14.4 Å². The molecule has 2 amide bonds. The molecule has 4 aromatic rings. The third-order valence-corrected chi connectivity index (χ3v) is 9.61. The first-order valence-electron chi connectivity index (χ1n) is 14.6. The van der Waals surface area contributed by atoms with Crippen LogP contribution in [-0.4, -0.2) is 51.4 Å². The number of rotatable bonds is 13. The van der Waals surface area contributed by atoms with Gasteiger partial charge in [-0.15, -0.1) is 0 Å². The van der Waals surface area contributed by atoms with Gasteiger partial charge >= 0.3 is 0 Å². The first-order chi connectivity index (χ1) is 21.5. The summed E-state index contributed by atoms with van der Waals surface area (Å²) in [6.07, 6.45) is 0.232. The monoisotopic (exact) mass is 647 g/mol. The SMILES string of the molecule is CCNC(=O)[C@H](Cc1ccccc1)N(Cc1cccc(OC)c1)C(=O)CN(c1ccc(C)c(C)c1)S(=O)(=O)c1ccc(Cl)cc1. The van der Waals surface area contributed by atoms with Crippen LogP contribution in [0.25, 0.3) is 0 Å². The van der Waals surface area contributed by atoms with Crippen LogP contribution in [0.4, 0.5) is 5.69 Å². The first-order valence-corrected chi connectivity index (χ1v) is 16.4. The lowest BCUT2D eigenvalue weighted by atomic mass is 10.0. The molecule has 236 valence electrons. The summed E-state index contributed by atoms with van der Waals surface area (Å²) < 4.78 is 34.8. The summed E-state index contributed by atoms with van der Waals surface area (Å²) in [5, 5.41) is 3.25. The van der Waals surface area contributed by atoms with Crippen molar-refractivity contribution in [2.75, 3.05) is 24.5 Å². The number of hydrogen-bond acceptors (Lipinski definition) is 5. The number of aryl methyl sites for hydroxylation is 2. The van der Waals surface area contributed by atoms with Gasteiger partial charge < -0.3 is 15.0 Å². The Morgan fingerprint density at radius 2 is 1.56 bits per heavy atom. The van der Waals surface area contributed by atoms with Gasteiger partial charge in [-0.2, -0.15) is 0 Å². The van der Waals surface area contributed by atoms with Gasteiger partial charge in [0.2, 0.25) is 11.8 Å². The Labute approximate surface area is 270 Å². The van der Waals surface area contributed by atoms with Crippen molar-refractivity contribution in [3.05, 3.63) is 124 Å². The fourth-order valence-corrected chi connectivity index (χ4v) is 6.49. The fourth-order valence-electron chi connectivity index (χ4n) is 4.96. The van der Waals surface area contributed by atoms with E-state index < -0.39 is 28.5 Å². The molecule has 0 heterocycles. The highest BCUT2D eigenvalue weighted by Crippen LogP contribution is 2.28.